The van der Waals surface area contributed by atoms with Crippen LogP contribution in [0.15, 0.2) is 16.9 Å². The van der Waals surface area contributed by atoms with Crippen molar-refractivity contribution in [3.05, 3.63) is 24.1 Å². The maximum Gasteiger partial charge on any atom is 0.231 e. The smallest absolute Gasteiger partial charge is 0.231 e. The monoisotopic (exact) mass is 386 g/mol. The molecule has 28 heavy (non-hydrogen) atoms. The van der Waals surface area contributed by atoms with E-state index in [0.29, 0.717) is 11.7 Å². The third-order valence-electron chi connectivity index (χ3n) is 5.65. The highest BCUT2D eigenvalue weighted by molar-refractivity contribution is 5.49. The van der Waals surface area contributed by atoms with Gasteiger partial charge in [-0.05, 0) is 38.5 Å². The number of aromatic nitrogens is 4. The highest BCUT2D eigenvalue weighted by Gasteiger charge is 2.30. The Kier molecular flexibility index (Phi) is 5.75. The maximum atomic E-state index is 6.00. The minimum Gasteiger partial charge on any atom is -0.376 e. The number of nitrogens with one attached hydrogen (secondary N) is 1. The SMILES string of the molecule is Cc1noc(C2CCCN(c3cc(NC4CCCOC4C(C)C)ncn3)C2)n1. The largest absolute Gasteiger partial charge is 0.376 e. The van der Waals surface area contributed by atoms with Crippen molar-refractivity contribution in [1.82, 2.24) is 20.1 Å². The molecule has 2 aliphatic rings. The Morgan fingerprint density at radius 3 is 2.89 bits per heavy atom. The van der Waals surface area contributed by atoms with Gasteiger partial charge in [0.15, 0.2) is 5.82 Å². The van der Waals surface area contributed by atoms with E-state index in [1.807, 2.05) is 13.0 Å². The summed E-state index contributed by atoms with van der Waals surface area (Å²) < 4.78 is 11.4. The molecule has 2 aromatic rings. The number of hydrogen-bond acceptors (Lipinski definition) is 8. The van der Waals surface area contributed by atoms with Crippen molar-refractivity contribution in [2.75, 3.05) is 29.9 Å². The number of aryl methyl sites for hydroxylation is 1. The van der Waals surface area contributed by atoms with Crippen LogP contribution in [0.3, 0.4) is 0 Å². The van der Waals surface area contributed by atoms with Crippen LogP contribution in [0, 0.1) is 12.8 Å². The molecular weight excluding hydrogens is 356 g/mol. The van der Waals surface area contributed by atoms with Crippen LogP contribution < -0.4 is 10.2 Å². The van der Waals surface area contributed by atoms with E-state index in [2.05, 4.69) is 44.2 Å². The van der Waals surface area contributed by atoms with Gasteiger partial charge in [-0.3, -0.25) is 0 Å². The van der Waals surface area contributed by atoms with E-state index >= 15 is 0 Å². The van der Waals surface area contributed by atoms with Crippen LogP contribution in [-0.2, 0) is 4.74 Å². The molecule has 0 spiro atoms. The predicted molar refractivity (Wildman–Crippen MR) is 106 cm³/mol. The second kappa shape index (κ2) is 8.43. The first-order chi connectivity index (χ1) is 13.6. The molecule has 8 nitrogen and oxygen atoms in total. The van der Waals surface area contributed by atoms with E-state index in [1.165, 1.54) is 0 Å². The fourth-order valence-corrected chi connectivity index (χ4v) is 4.27. The summed E-state index contributed by atoms with van der Waals surface area (Å²) in [5.41, 5.74) is 0. The fourth-order valence-electron chi connectivity index (χ4n) is 4.27. The lowest BCUT2D eigenvalue weighted by Crippen LogP contribution is -2.43. The van der Waals surface area contributed by atoms with E-state index in [1.54, 1.807) is 6.33 Å². The molecule has 0 aromatic carbocycles. The molecule has 0 bridgehead atoms. The number of piperidine rings is 1. The van der Waals surface area contributed by atoms with Crippen molar-refractivity contribution in [1.29, 1.82) is 0 Å². The maximum absolute atomic E-state index is 6.00. The first-order valence-electron chi connectivity index (χ1n) is 10.4. The van der Waals surface area contributed by atoms with Gasteiger partial charge in [0.25, 0.3) is 0 Å². The summed E-state index contributed by atoms with van der Waals surface area (Å²) in [7, 11) is 0. The van der Waals surface area contributed by atoms with Gasteiger partial charge >= 0.3 is 0 Å². The van der Waals surface area contributed by atoms with E-state index in [9.17, 15) is 0 Å². The number of hydrogen-bond donors (Lipinski definition) is 1. The summed E-state index contributed by atoms with van der Waals surface area (Å²) in [6.07, 6.45) is 6.17. The molecule has 152 valence electrons. The van der Waals surface area contributed by atoms with Crippen molar-refractivity contribution in [3.63, 3.8) is 0 Å². The topological polar surface area (TPSA) is 89.2 Å². The van der Waals surface area contributed by atoms with E-state index < -0.39 is 0 Å². The van der Waals surface area contributed by atoms with Gasteiger partial charge in [0, 0.05) is 25.8 Å². The Hall–Kier alpha value is -2.22. The van der Waals surface area contributed by atoms with Crippen molar-refractivity contribution in [2.45, 2.75) is 64.5 Å². The minimum absolute atomic E-state index is 0.215. The Labute approximate surface area is 166 Å². The second-order valence-electron chi connectivity index (χ2n) is 8.20. The Bertz CT molecular complexity index is 780. The Balaban J connectivity index is 1.45. The van der Waals surface area contributed by atoms with Crippen molar-refractivity contribution in [3.8, 4) is 0 Å². The van der Waals surface area contributed by atoms with Gasteiger partial charge in [-0.2, -0.15) is 4.98 Å². The number of anilines is 2. The van der Waals surface area contributed by atoms with E-state index in [-0.39, 0.29) is 18.1 Å². The quantitative estimate of drug-likeness (QED) is 0.838. The summed E-state index contributed by atoms with van der Waals surface area (Å²) >= 11 is 0. The molecule has 0 saturated carbocycles. The molecule has 2 fully saturated rings. The molecule has 2 aromatic heterocycles. The number of rotatable bonds is 5. The standard InChI is InChI=1S/C20H30N6O2/c1-13(2)19-16(7-5-9-27-19)24-17-10-18(22-12-21-17)26-8-4-6-15(11-26)20-23-14(3)25-28-20/h10,12-13,15-16,19H,4-9,11H2,1-3H3,(H,21,22,24). The first kappa shape index (κ1) is 19.1. The van der Waals surface area contributed by atoms with E-state index in [0.717, 1.165) is 62.9 Å². The average molecular weight is 387 g/mol. The number of nitrogens with zero attached hydrogens (tertiary/aromatic N) is 5. The predicted octanol–water partition coefficient (Wildman–Crippen LogP) is 3.17. The van der Waals surface area contributed by atoms with Crippen LogP contribution in [0.5, 0.6) is 0 Å². The van der Waals surface area contributed by atoms with Crippen LogP contribution in [0.1, 0.15) is 57.2 Å². The van der Waals surface area contributed by atoms with Crippen molar-refractivity contribution >= 4 is 11.6 Å². The van der Waals surface area contributed by atoms with Gasteiger partial charge in [-0.15, -0.1) is 0 Å². The third-order valence-corrected chi connectivity index (χ3v) is 5.65. The number of ether oxygens (including phenoxy) is 1. The third kappa shape index (κ3) is 4.27. The molecule has 4 rings (SSSR count). The molecule has 2 saturated heterocycles. The molecule has 1 N–H and O–H groups in total. The van der Waals surface area contributed by atoms with Gasteiger partial charge < -0.3 is 19.5 Å². The first-order valence-corrected chi connectivity index (χ1v) is 10.4. The summed E-state index contributed by atoms with van der Waals surface area (Å²) in [5, 5.41) is 7.53. The van der Waals surface area contributed by atoms with Crippen LogP contribution in [-0.4, -0.2) is 52.0 Å². The lowest BCUT2D eigenvalue weighted by Gasteiger charge is -2.35. The summed E-state index contributed by atoms with van der Waals surface area (Å²) in [6, 6.07) is 2.33. The summed E-state index contributed by atoms with van der Waals surface area (Å²) in [6.45, 7) is 8.93. The summed E-state index contributed by atoms with van der Waals surface area (Å²) in [4.78, 5) is 15.7. The molecule has 0 aliphatic carbocycles. The zero-order valence-electron chi connectivity index (χ0n) is 17.0. The lowest BCUT2D eigenvalue weighted by molar-refractivity contribution is -0.0203. The molecule has 0 amide bonds. The second-order valence-corrected chi connectivity index (χ2v) is 8.20. The van der Waals surface area contributed by atoms with E-state index in [4.69, 9.17) is 9.26 Å². The van der Waals surface area contributed by atoms with Gasteiger partial charge in [0.2, 0.25) is 5.89 Å². The molecule has 0 radical (unpaired) electrons. The Morgan fingerprint density at radius 1 is 1.21 bits per heavy atom. The van der Waals surface area contributed by atoms with Crippen LogP contribution in [0.2, 0.25) is 0 Å². The minimum atomic E-state index is 0.215. The highest BCUT2D eigenvalue weighted by atomic mass is 16.5. The van der Waals surface area contributed by atoms with Crippen molar-refractivity contribution < 1.29 is 9.26 Å². The molecule has 2 aliphatic heterocycles. The van der Waals surface area contributed by atoms with Gasteiger partial charge in [-0.1, -0.05) is 19.0 Å². The van der Waals surface area contributed by atoms with Gasteiger partial charge in [-0.25, -0.2) is 9.97 Å². The molecular formula is C20H30N6O2. The zero-order valence-corrected chi connectivity index (χ0v) is 17.0. The van der Waals surface area contributed by atoms with Crippen molar-refractivity contribution in [2.24, 2.45) is 5.92 Å². The highest BCUT2D eigenvalue weighted by Crippen LogP contribution is 2.29. The van der Waals surface area contributed by atoms with Crippen LogP contribution >= 0.6 is 0 Å². The zero-order chi connectivity index (χ0) is 19.5. The molecule has 4 heterocycles. The van der Waals surface area contributed by atoms with Gasteiger partial charge in [0.1, 0.15) is 18.0 Å². The Morgan fingerprint density at radius 2 is 2.11 bits per heavy atom. The van der Waals surface area contributed by atoms with Gasteiger partial charge in [0.05, 0.1) is 18.1 Å². The fraction of sp³-hybridized carbons (Fsp3) is 0.700. The lowest BCUT2D eigenvalue weighted by atomic mass is 9.93. The average Bonchev–Trinajstić information content (AvgIpc) is 3.15. The summed E-state index contributed by atoms with van der Waals surface area (Å²) in [5.74, 6) is 3.94. The molecule has 3 atom stereocenters. The normalized spacial score (nSPS) is 25.9. The van der Waals surface area contributed by atoms with Crippen LogP contribution in [0.4, 0.5) is 11.6 Å². The molecule has 3 unspecified atom stereocenters. The van der Waals surface area contributed by atoms with Crippen LogP contribution in [0.25, 0.3) is 0 Å². The molecule has 8 heteroatoms.